The fourth-order valence-corrected chi connectivity index (χ4v) is 2.26. The largest absolute Gasteiger partial charge is 0.460 e. The molecule has 0 spiro atoms. The summed E-state index contributed by atoms with van der Waals surface area (Å²) in [6, 6.07) is 0. The van der Waals surface area contributed by atoms with Gasteiger partial charge in [-0.25, -0.2) is 0 Å². The molecule has 0 unspecified atom stereocenters. The van der Waals surface area contributed by atoms with Gasteiger partial charge >= 0.3 is 5.97 Å². The SMILES string of the molecule is CC(C)(C)OC(=O)C1CCC(OC[C@@H]2CO2)CC1. The Hall–Kier alpha value is -0.610. The van der Waals surface area contributed by atoms with E-state index in [4.69, 9.17) is 14.2 Å². The van der Waals surface area contributed by atoms with E-state index < -0.39 is 0 Å². The number of epoxide rings is 1. The van der Waals surface area contributed by atoms with Gasteiger partial charge in [-0.3, -0.25) is 4.79 Å². The van der Waals surface area contributed by atoms with Gasteiger partial charge in [0, 0.05) is 0 Å². The minimum absolute atomic E-state index is 0.0496. The van der Waals surface area contributed by atoms with Crippen molar-refractivity contribution in [2.45, 2.75) is 64.3 Å². The van der Waals surface area contributed by atoms with Gasteiger partial charge in [-0.05, 0) is 46.5 Å². The second kappa shape index (κ2) is 5.57. The number of hydrogen-bond acceptors (Lipinski definition) is 4. The third-order valence-corrected chi connectivity index (χ3v) is 3.33. The Morgan fingerprint density at radius 1 is 1.22 bits per heavy atom. The van der Waals surface area contributed by atoms with Crippen molar-refractivity contribution in [1.29, 1.82) is 0 Å². The molecule has 0 aromatic carbocycles. The molecular weight excluding hydrogens is 232 g/mol. The van der Waals surface area contributed by atoms with Crippen molar-refractivity contribution in [1.82, 2.24) is 0 Å². The molecule has 0 aromatic heterocycles. The Balaban J connectivity index is 1.67. The maximum absolute atomic E-state index is 11.9. The molecule has 104 valence electrons. The Labute approximate surface area is 109 Å². The second-order valence-corrected chi connectivity index (χ2v) is 6.30. The first-order chi connectivity index (χ1) is 8.44. The normalized spacial score (nSPS) is 32.1. The van der Waals surface area contributed by atoms with E-state index in [2.05, 4.69) is 0 Å². The molecule has 4 nitrogen and oxygen atoms in total. The molecule has 0 N–H and O–H groups in total. The molecule has 1 aliphatic heterocycles. The third-order valence-electron chi connectivity index (χ3n) is 3.33. The van der Waals surface area contributed by atoms with E-state index in [1.54, 1.807) is 0 Å². The Morgan fingerprint density at radius 2 is 1.83 bits per heavy atom. The number of ether oxygens (including phenoxy) is 3. The summed E-state index contributed by atoms with van der Waals surface area (Å²) in [6.07, 6.45) is 4.30. The minimum Gasteiger partial charge on any atom is -0.460 e. The number of hydrogen-bond donors (Lipinski definition) is 0. The van der Waals surface area contributed by atoms with Crippen LogP contribution in [-0.2, 0) is 19.0 Å². The first kappa shape index (κ1) is 13.8. The molecular formula is C14H24O4. The van der Waals surface area contributed by atoms with E-state index >= 15 is 0 Å². The van der Waals surface area contributed by atoms with E-state index in [0.29, 0.717) is 18.8 Å². The van der Waals surface area contributed by atoms with E-state index in [-0.39, 0.29) is 17.5 Å². The smallest absolute Gasteiger partial charge is 0.309 e. The van der Waals surface area contributed by atoms with Crippen LogP contribution in [0, 0.1) is 5.92 Å². The highest BCUT2D eigenvalue weighted by Gasteiger charge is 2.31. The Bertz CT molecular complexity index is 283. The Morgan fingerprint density at radius 3 is 2.33 bits per heavy atom. The van der Waals surface area contributed by atoms with Gasteiger partial charge in [0.1, 0.15) is 11.7 Å². The van der Waals surface area contributed by atoms with Crippen LogP contribution in [-0.4, -0.2) is 37.0 Å². The average molecular weight is 256 g/mol. The van der Waals surface area contributed by atoms with Gasteiger partial charge < -0.3 is 14.2 Å². The molecule has 1 saturated heterocycles. The first-order valence-corrected chi connectivity index (χ1v) is 6.90. The summed E-state index contributed by atoms with van der Waals surface area (Å²) in [5.41, 5.74) is -0.381. The van der Waals surface area contributed by atoms with Crippen LogP contribution in [0.5, 0.6) is 0 Å². The lowest BCUT2D eigenvalue weighted by Gasteiger charge is -2.29. The van der Waals surface area contributed by atoms with E-state index in [1.165, 1.54) is 0 Å². The lowest BCUT2D eigenvalue weighted by Crippen LogP contribution is -2.32. The van der Waals surface area contributed by atoms with Crippen LogP contribution < -0.4 is 0 Å². The highest BCUT2D eigenvalue weighted by atomic mass is 16.6. The topological polar surface area (TPSA) is 48.1 Å². The van der Waals surface area contributed by atoms with Crippen LogP contribution >= 0.6 is 0 Å². The van der Waals surface area contributed by atoms with Crippen molar-refractivity contribution in [2.24, 2.45) is 5.92 Å². The van der Waals surface area contributed by atoms with Crippen LogP contribution in [0.2, 0.25) is 0 Å². The number of carbonyl (C=O) groups is 1. The number of esters is 1. The van der Waals surface area contributed by atoms with Crippen LogP contribution in [0.25, 0.3) is 0 Å². The highest BCUT2D eigenvalue weighted by molar-refractivity contribution is 5.72. The van der Waals surface area contributed by atoms with Crippen molar-refractivity contribution in [3.8, 4) is 0 Å². The van der Waals surface area contributed by atoms with Crippen LogP contribution in [0.15, 0.2) is 0 Å². The van der Waals surface area contributed by atoms with Gasteiger partial charge in [-0.15, -0.1) is 0 Å². The van der Waals surface area contributed by atoms with Crippen LogP contribution in [0.1, 0.15) is 46.5 Å². The maximum atomic E-state index is 11.9. The predicted molar refractivity (Wildman–Crippen MR) is 67.3 cm³/mol. The van der Waals surface area contributed by atoms with Crippen molar-refractivity contribution in [3.63, 3.8) is 0 Å². The standard InChI is InChI=1S/C14H24O4/c1-14(2,3)18-13(15)10-4-6-11(7-5-10)16-8-12-9-17-12/h10-12H,4-9H2,1-3H3/t10?,11?,12-/m1/s1. The highest BCUT2D eigenvalue weighted by Crippen LogP contribution is 2.29. The summed E-state index contributed by atoms with van der Waals surface area (Å²) in [4.78, 5) is 11.9. The molecule has 0 amide bonds. The first-order valence-electron chi connectivity index (χ1n) is 6.90. The van der Waals surface area contributed by atoms with Crippen LogP contribution in [0.3, 0.4) is 0 Å². The van der Waals surface area contributed by atoms with Crippen molar-refractivity contribution in [3.05, 3.63) is 0 Å². The molecule has 2 aliphatic rings. The minimum atomic E-state index is -0.381. The van der Waals surface area contributed by atoms with Gasteiger partial charge in [0.05, 0.1) is 25.2 Å². The van der Waals surface area contributed by atoms with E-state index in [1.807, 2.05) is 20.8 Å². The van der Waals surface area contributed by atoms with Gasteiger partial charge in [0.15, 0.2) is 0 Å². The molecule has 0 radical (unpaired) electrons. The molecule has 2 fully saturated rings. The predicted octanol–water partition coefficient (Wildman–Crippen LogP) is 2.30. The molecule has 4 heteroatoms. The molecule has 1 aliphatic carbocycles. The van der Waals surface area contributed by atoms with Gasteiger partial charge in [0.2, 0.25) is 0 Å². The summed E-state index contributed by atoms with van der Waals surface area (Å²) in [5, 5.41) is 0. The quantitative estimate of drug-likeness (QED) is 0.572. The lowest BCUT2D eigenvalue weighted by molar-refractivity contribution is -0.162. The molecule has 0 bridgehead atoms. The van der Waals surface area contributed by atoms with E-state index in [9.17, 15) is 4.79 Å². The fourth-order valence-electron chi connectivity index (χ4n) is 2.26. The molecule has 1 heterocycles. The summed E-state index contributed by atoms with van der Waals surface area (Å²) in [5.74, 6) is 0.00715. The van der Waals surface area contributed by atoms with Gasteiger partial charge in [-0.2, -0.15) is 0 Å². The molecule has 18 heavy (non-hydrogen) atoms. The molecule has 1 saturated carbocycles. The summed E-state index contributed by atoms with van der Waals surface area (Å²) in [6.45, 7) is 7.29. The van der Waals surface area contributed by atoms with E-state index in [0.717, 1.165) is 32.3 Å². The molecule has 1 atom stereocenters. The van der Waals surface area contributed by atoms with Crippen molar-refractivity contribution in [2.75, 3.05) is 13.2 Å². The monoisotopic (exact) mass is 256 g/mol. The van der Waals surface area contributed by atoms with Gasteiger partial charge in [0.25, 0.3) is 0 Å². The zero-order valence-corrected chi connectivity index (χ0v) is 11.6. The van der Waals surface area contributed by atoms with Crippen molar-refractivity contribution >= 4 is 5.97 Å². The zero-order chi connectivity index (χ0) is 13.2. The third kappa shape index (κ3) is 4.58. The summed E-state index contributed by atoms with van der Waals surface area (Å²) >= 11 is 0. The second-order valence-electron chi connectivity index (χ2n) is 6.30. The van der Waals surface area contributed by atoms with Crippen molar-refractivity contribution < 1.29 is 19.0 Å². The molecule has 2 rings (SSSR count). The lowest BCUT2D eigenvalue weighted by atomic mass is 9.87. The molecule has 0 aromatic rings. The van der Waals surface area contributed by atoms with Gasteiger partial charge in [-0.1, -0.05) is 0 Å². The zero-order valence-electron chi connectivity index (χ0n) is 11.6. The average Bonchev–Trinajstić information content (AvgIpc) is 3.08. The maximum Gasteiger partial charge on any atom is 0.309 e. The fraction of sp³-hybridized carbons (Fsp3) is 0.929. The summed E-state index contributed by atoms with van der Waals surface area (Å²) < 4.78 is 16.3. The van der Waals surface area contributed by atoms with Crippen LogP contribution in [0.4, 0.5) is 0 Å². The Kier molecular flexibility index (Phi) is 4.28. The summed E-state index contributed by atoms with van der Waals surface area (Å²) in [7, 11) is 0. The number of rotatable bonds is 4. The number of carbonyl (C=O) groups excluding carboxylic acids is 1.